The summed E-state index contributed by atoms with van der Waals surface area (Å²) in [4.78, 5) is 18.4. The van der Waals surface area contributed by atoms with Crippen molar-refractivity contribution in [3.05, 3.63) is 56.7 Å². The predicted molar refractivity (Wildman–Crippen MR) is 140 cm³/mol. The largest absolute Gasteiger partial charge is 0.508 e. The first kappa shape index (κ1) is 24.0. The third-order valence-corrected chi connectivity index (χ3v) is 9.85. The zero-order valence-corrected chi connectivity index (χ0v) is 22.0. The number of carbonyl (C=O) groups is 1. The van der Waals surface area contributed by atoms with Crippen molar-refractivity contribution in [2.45, 2.75) is 55.6 Å². The number of thiophene rings is 1. The maximum atomic E-state index is 13.1. The number of amides is 1. The summed E-state index contributed by atoms with van der Waals surface area (Å²) in [5.74, 6) is 0.996. The number of aliphatic hydroxyl groups is 1. The molecule has 3 aliphatic rings. The summed E-state index contributed by atoms with van der Waals surface area (Å²) < 4.78 is 1.02. The first-order valence-corrected chi connectivity index (χ1v) is 13.9. The number of halogens is 1. The van der Waals surface area contributed by atoms with Crippen molar-refractivity contribution in [1.29, 1.82) is 0 Å². The van der Waals surface area contributed by atoms with Gasteiger partial charge in [0.25, 0.3) is 0 Å². The lowest BCUT2D eigenvalue weighted by Gasteiger charge is -2.59. The number of aromatic hydroxyl groups is 1. The second kappa shape index (κ2) is 9.41. The maximum Gasteiger partial charge on any atom is 0.246 e. The van der Waals surface area contributed by atoms with E-state index in [1.807, 2.05) is 47.7 Å². The van der Waals surface area contributed by atoms with Gasteiger partial charge in [-0.3, -0.25) is 4.79 Å². The summed E-state index contributed by atoms with van der Waals surface area (Å²) in [6, 6.07) is 9.45. The lowest BCUT2D eigenvalue weighted by Crippen LogP contribution is -2.67. The average molecular weight is 546 g/mol. The highest BCUT2D eigenvalue weighted by atomic mass is 79.9. The summed E-state index contributed by atoms with van der Waals surface area (Å²) in [6.07, 6.45) is 9.08. The molecule has 0 radical (unpaired) electrons. The highest BCUT2D eigenvalue weighted by molar-refractivity contribution is 9.10. The number of rotatable bonds is 6. The van der Waals surface area contributed by atoms with Crippen LogP contribution in [-0.2, 0) is 10.2 Å². The van der Waals surface area contributed by atoms with Gasteiger partial charge in [-0.25, -0.2) is 0 Å². The number of likely N-dealkylation sites (tertiary alicyclic amines) is 1. The zero-order chi connectivity index (χ0) is 23.9. The number of carbonyl (C=O) groups excluding carboxylic acids is 1. The molecule has 34 heavy (non-hydrogen) atoms. The smallest absolute Gasteiger partial charge is 0.246 e. The normalized spacial score (nSPS) is 29.8. The van der Waals surface area contributed by atoms with Gasteiger partial charge in [0.05, 0.1) is 5.60 Å². The standard InChI is InChI=1S/C27H33BrN2O3S/c1-29(25(32)8-7-24-14-21(28)17-34-24)22-9-10-27(33)18-30(16-19-5-6-19)12-11-26(27,15-22)20-3-2-4-23(31)13-20/h2-4,7-8,13-14,17,19,22,31,33H,5-6,9-12,15-16,18H2,1H3/b8-7+/t22-,26+,27+/m1/s1. The van der Waals surface area contributed by atoms with E-state index in [1.165, 1.54) is 12.8 Å². The summed E-state index contributed by atoms with van der Waals surface area (Å²) in [5.41, 5.74) is -0.357. The molecule has 2 N–H and O–H groups in total. The highest BCUT2D eigenvalue weighted by Crippen LogP contribution is 2.53. The van der Waals surface area contributed by atoms with Crippen LogP contribution >= 0.6 is 27.3 Å². The summed E-state index contributed by atoms with van der Waals surface area (Å²) in [6.45, 7) is 2.67. The Morgan fingerprint density at radius 2 is 2.12 bits per heavy atom. The molecule has 0 bridgehead atoms. The van der Waals surface area contributed by atoms with Gasteiger partial charge in [0, 0.05) is 52.4 Å². The Bertz CT molecular complexity index is 1080. The quantitative estimate of drug-likeness (QED) is 0.501. The molecule has 182 valence electrons. The number of hydrogen-bond donors (Lipinski definition) is 2. The molecule has 2 aliphatic carbocycles. The Balaban J connectivity index is 1.39. The average Bonchev–Trinajstić information content (AvgIpc) is 3.53. The Labute approximate surface area is 214 Å². The molecule has 0 unspecified atom stereocenters. The number of benzene rings is 1. The van der Waals surface area contributed by atoms with Crippen LogP contribution in [-0.4, -0.2) is 64.2 Å². The maximum absolute atomic E-state index is 13.1. The van der Waals surface area contributed by atoms with Crippen molar-refractivity contribution in [2.24, 2.45) is 5.92 Å². The van der Waals surface area contributed by atoms with Gasteiger partial charge in [-0.2, -0.15) is 0 Å². The number of likely N-dealkylation sites (N-methyl/N-ethyl adjacent to an activating group) is 1. The van der Waals surface area contributed by atoms with E-state index in [1.54, 1.807) is 23.5 Å². The first-order valence-electron chi connectivity index (χ1n) is 12.2. The monoisotopic (exact) mass is 544 g/mol. The van der Waals surface area contributed by atoms with Crippen molar-refractivity contribution in [1.82, 2.24) is 9.80 Å². The fourth-order valence-electron chi connectivity index (χ4n) is 6.06. The van der Waals surface area contributed by atoms with Gasteiger partial charge in [-0.15, -0.1) is 11.3 Å². The molecule has 1 amide bonds. The van der Waals surface area contributed by atoms with E-state index in [2.05, 4.69) is 20.8 Å². The van der Waals surface area contributed by atoms with E-state index >= 15 is 0 Å². The van der Waals surface area contributed by atoms with Crippen LogP contribution in [0.4, 0.5) is 0 Å². The van der Waals surface area contributed by atoms with E-state index in [4.69, 9.17) is 0 Å². The van der Waals surface area contributed by atoms with Crippen LogP contribution in [0.3, 0.4) is 0 Å². The first-order chi connectivity index (χ1) is 16.3. The van der Waals surface area contributed by atoms with Gasteiger partial charge in [-0.05, 0) is 96.8 Å². The second-order valence-corrected chi connectivity index (χ2v) is 12.3. The molecule has 1 saturated heterocycles. The Kier molecular flexibility index (Phi) is 6.66. The molecule has 1 aliphatic heterocycles. The molecule has 3 fully saturated rings. The van der Waals surface area contributed by atoms with Gasteiger partial charge in [-0.1, -0.05) is 12.1 Å². The van der Waals surface area contributed by atoms with Crippen molar-refractivity contribution in [3.63, 3.8) is 0 Å². The van der Waals surface area contributed by atoms with Crippen LogP contribution in [0.5, 0.6) is 5.75 Å². The third-order valence-electron chi connectivity index (χ3n) is 8.19. The number of phenols is 1. The zero-order valence-electron chi connectivity index (χ0n) is 19.6. The van der Waals surface area contributed by atoms with Crippen LogP contribution in [0, 0.1) is 5.92 Å². The number of phenolic OH excluding ortho intramolecular Hbond substituents is 1. The third kappa shape index (κ3) is 4.72. The SMILES string of the molecule is CN(C(=O)/C=C/c1cc(Br)cs1)[C@@H]1CC[C@]2(O)CN(CC3CC3)CC[C@@]2(c2cccc(O)c2)C1. The number of β-amino-alcohol motifs (C(OH)–C–C–N with tert-alkyl or cyclic N) is 1. The minimum absolute atomic E-state index is 0.0165. The lowest BCUT2D eigenvalue weighted by molar-refractivity contribution is -0.144. The van der Waals surface area contributed by atoms with Crippen molar-refractivity contribution in [3.8, 4) is 5.75 Å². The Hall–Kier alpha value is -1.67. The van der Waals surface area contributed by atoms with Crippen LogP contribution in [0.15, 0.2) is 46.3 Å². The molecule has 2 saturated carbocycles. The molecule has 2 aromatic rings. The minimum Gasteiger partial charge on any atom is -0.508 e. The molecule has 1 aromatic carbocycles. The van der Waals surface area contributed by atoms with Crippen molar-refractivity contribution >= 4 is 39.2 Å². The van der Waals surface area contributed by atoms with Crippen LogP contribution < -0.4 is 0 Å². The molecule has 0 spiro atoms. The molecule has 7 heteroatoms. The van der Waals surface area contributed by atoms with E-state index in [0.29, 0.717) is 19.4 Å². The molecule has 3 atom stereocenters. The van der Waals surface area contributed by atoms with E-state index in [9.17, 15) is 15.0 Å². The highest BCUT2D eigenvalue weighted by Gasteiger charge is 2.58. The fraction of sp³-hybridized carbons (Fsp3) is 0.519. The predicted octanol–water partition coefficient (Wildman–Crippen LogP) is 5.03. The topological polar surface area (TPSA) is 64.0 Å². The van der Waals surface area contributed by atoms with Crippen LogP contribution in [0.1, 0.15) is 49.0 Å². The molecule has 2 heterocycles. The van der Waals surface area contributed by atoms with Gasteiger partial charge >= 0.3 is 0 Å². The Morgan fingerprint density at radius 1 is 1.29 bits per heavy atom. The van der Waals surface area contributed by atoms with Crippen molar-refractivity contribution < 1.29 is 15.0 Å². The molecular formula is C27H33BrN2O3S. The van der Waals surface area contributed by atoms with E-state index < -0.39 is 11.0 Å². The number of fused-ring (bicyclic) bond motifs is 1. The summed E-state index contributed by atoms with van der Waals surface area (Å²) in [7, 11) is 1.88. The van der Waals surface area contributed by atoms with Crippen LogP contribution in [0.25, 0.3) is 6.08 Å². The van der Waals surface area contributed by atoms with Gasteiger partial charge in [0.15, 0.2) is 0 Å². The molecular weight excluding hydrogens is 512 g/mol. The number of piperidine rings is 1. The van der Waals surface area contributed by atoms with E-state index in [-0.39, 0.29) is 17.7 Å². The summed E-state index contributed by atoms with van der Waals surface area (Å²) in [5, 5.41) is 24.4. The Morgan fingerprint density at radius 3 is 2.82 bits per heavy atom. The van der Waals surface area contributed by atoms with Crippen molar-refractivity contribution in [2.75, 3.05) is 26.7 Å². The lowest BCUT2D eigenvalue weighted by atomic mass is 9.55. The van der Waals surface area contributed by atoms with Gasteiger partial charge in [0.2, 0.25) is 5.91 Å². The van der Waals surface area contributed by atoms with Crippen LogP contribution in [0.2, 0.25) is 0 Å². The molecule has 5 nitrogen and oxygen atoms in total. The minimum atomic E-state index is -0.868. The van der Waals surface area contributed by atoms with E-state index in [0.717, 1.165) is 46.8 Å². The second-order valence-electron chi connectivity index (χ2n) is 10.4. The summed E-state index contributed by atoms with van der Waals surface area (Å²) >= 11 is 5.05. The fourth-order valence-corrected chi connectivity index (χ4v) is 7.39. The number of nitrogens with zero attached hydrogens (tertiary/aromatic N) is 2. The molecule has 5 rings (SSSR count). The van der Waals surface area contributed by atoms with Gasteiger partial charge in [0.1, 0.15) is 5.75 Å². The van der Waals surface area contributed by atoms with Gasteiger partial charge < -0.3 is 20.0 Å². The molecule has 1 aromatic heterocycles. The number of hydrogen-bond acceptors (Lipinski definition) is 5.